The van der Waals surface area contributed by atoms with Gasteiger partial charge in [-0.15, -0.1) is 0 Å². The molecule has 25 heavy (non-hydrogen) atoms. The molecule has 0 bridgehead atoms. The number of carbonyl (C=O) groups is 1. The molecule has 0 atom stereocenters. The van der Waals surface area contributed by atoms with E-state index < -0.39 is 0 Å². The fourth-order valence-corrected chi connectivity index (χ4v) is 3.11. The average Bonchev–Trinajstić information content (AvgIpc) is 2.60. The van der Waals surface area contributed by atoms with Crippen LogP contribution in [0.25, 0.3) is 0 Å². The quantitative estimate of drug-likeness (QED) is 0.602. The molecule has 0 unspecified atom stereocenters. The highest BCUT2D eigenvalue weighted by molar-refractivity contribution is 6.30. The molecule has 1 aromatic carbocycles. The Balaban J connectivity index is 1.90. The highest BCUT2D eigenvalue weighted by Gasteiger charge is 2.15. The van der Waals surface area contributed by atoms with Gasteiger partial charge < -0.3 is 15.5 Å². The molecule has 1 amide bonds. The van der Waals surface area contributed by atoms with Crippen molar-refractivity contribution >= 4 is 23.5 Å². The second kappa shape index (κ2) is 10.3. The SMILES string of the molecule is CN(C)C(=O)CN=C(NCCc1cccc(Cl)c1)NC1CCCCC1. The molecule has 1 aliphatic rings. The Morgan fingerprint density at radius 3 is 2.72 bits per heavy atom. The number of rotatable bonds is 6. The first-order valence-corrected chi connectivity index (χ1v) is 9.42. The summed E-state index contributed by atoms with van der Waals surface area (Å²) in [5.74, 6) is 0.726. The van der Waals surface area contributed by atoms with Gasteiger partial charge >= 0.3 is 0 Å². The standard InChI is InChI=1S/C19H29ClN4O/c1-24(2)18(25)14-22-19(23-17-9-4-3-5-10-17)21-12-11-15-7-6-8-16(20)13-15/h6-8,13,17H,3-5,9-12,14H2,1-2H3,(H2,21,22,23). The van der Waals surface area contributed by atoms with Crippen LogP contribution in [0.4, 0.5) is 0 Å². The number of benzene rings is 1. The molecule has 2 N–H and O–H groups in total. The molecule has 138 valence electrons. The van der Waals surface area contributed by atoms with E-state index in [0.29, 0.717) is 6.04 Å². The smallest absolute Gasteiger partial charge is 0.243 e. The van der Waals surface area contributed by atoms with Gasteiger partial charge in [0.15, 0.2) is 5.96 Å². The minimum atomic E-state index is -0.000384. The van der Waals surface area contributed by atoms with Gasteiger partial charge in [-0.05, 0) is 37.0 Å². The molecular formula is C19H29ClN4O. The fourth-order valence-electron chi connectivity index (χ4n) is 2.90. The predicted octanol–water partition coefficient (Wildman–Crippen LogP) is 2.84. The minimum absolute atomic E-state index is 0.000384. The van der Waals surface area contributed by atoms with E-state index in [9.17, 15) is 4.79 Å². The summed E-state index contributed by atoms with van der Waals surface area (Å²) in [4.78, 5) is 17.8. The molecule has 0 aliphatic heterocycles. The number of guanidine groups is 1. The van der Waals surface area contributed by atoms with E-state index in [1.807, 2.05) is 18.2 Å². The van der Waals surface area contributed by atoms with Gasteiger partial charge in [0.25, 0.3) is 0 Å². The van der Waals surface area contributed by atoms with Crippen molar-refractivity contribution < 1.29 is 4.79 Å². The summed E-state index contributed by atoms with van der Waals surface area (Å²) < 4.78 is 0. The van der Waals surface area contributed by atoms with Crippen molar-refractivity contribution in [3.8, 4) is 0 Å². The van der Waals surface area contributed by atoms with Crippen LogP contribution in [0.5, 0.6) is 0 Å². The molecule has 1 aliphatic carbocycles. The zero-order chi connectivity index (χ0) is 18.1. The lowest BCUT2D eigenvalue weighted by molar-refractivity contribution is -0.127. The Kier molecular flexibility index (Phi) is 8.06. The molecule has 0 heterocycles. The number of aliphatic imine (C=N–C) groups is 1. The largest absolute Gasteiger partial charge is 0.356 e. The molecule has 6 heteroatoms. The number of hydrogen-bond donors (Lipinski definition) is 2. The molecule has 2 rings (SSSR count). The van der Waals surface area contributed by atoms with E-state index in [1.165, 1.54) is 24.8 Å². The number of amides is 1. The van der Waals surface area contributed by atoms with E-state index in [-0.39, 0.29) is 12.5 Å². The van der Waals surface area contributed by atoms with Crippen LogP contribution in [0.2, 0.25) is 5.02 Å². The van der Waals surface area contributed by atoms with Gasteiger partial charge in [-0.1, -0.05) is 43.0 Å². The molecular weight excluding hydrogens is 336 g/mol. The molecule has 0 aromatic heterocycles. The van der Waals surface area contributed by atoms with E-state index in [2.05, 4.69) is 21.7 Å². The molecule has 5 nitrogen and oxygen atoms in total. The van der Waals surface area contributed by atoms with Crippen LogP contribution in [0.15, 0.2) is 29.3 Å². The van der Waals surface area contributed by atoms with Crippen LogP contribution < -0.4 is 10.6 Å². The Morgan fingerprint density at radius 2 is 2.04 bits per heavy atom. The van der Waals surface area contributed by atoms with Crippen LogP contribution in [-0.2, 0) is 11.2 Å². The molecule has 1 aromatic rings. The summed E-state index contributed by atoms with van der Waals surface area (Å²) >= 11 is 6.03. The lowest BCUT2D eigenvalue weighted by Crippen LogP contribution is -2.45. The molecule has 0 saturated heterocycles. The Bertz CT molecular complexity index is 583. The number of nitrogens with one attached hydrogen (secondary N) is 2. The third kappa shape index (κ3) is 7.34. The number of likely N-dealkylation sites (N-methyl/N-ethyl adjacent to an activating group) is 1. The normalized spacial score (nSPS) is 15.7. The lowest BCUT2D eigenvalue weighted by atomic mass is 9.96. The second-order valence-corrected chi connectivity index (χ2v) is 7.18. The Labute approximate surface area is 155 Å². The van der Waals surface area contributed by atoms with Gasteiger partial charge in [0.2, 0.25) is 5.91 Å². The average molecular weight is 365 g/mol. The fraction of sp³-hybridized carbons (Fsp3) is 0.579. The number of nitrogens with zero attached hydrogens (tertiary/aromatic N) is 2. The first kappa shape index (κ1) is 19.6. The molecule has 1 fully saturated rings. The van der Waals surface area contributed by atoms with Gasteiger partial charge in [0.1, 0.15) is 6.54 Å². The van der Waals surface area contributed by atoms with Gasteiger partial charge in [0.05, 0.1) is 0 Å². The molecule has 1 saturated carbocycles. The third-order valence-corrected chi connectivity index (χ3v) is 4.65. The lowest BCUT2D eigenvalue weighted by Gasteiger charge is -2.25. The van der Waals surface area contributed by atoms with Crippen molar-refractivity contribution in [2.24, 2.45) is 4.99 Å². The zero-order valence-corrected chi connectivity index (χ0v) is 16.0. The van der Waals surface area contributed by atoms with Gasteiger partial charge in [0, 0.05) is 31.7 Å². The van der Waals surface area contributed by atoms with E-state index >= 15 is 0 Å². The maximum Gasteiger partial charge on any atom is 0.243 e. The molecule has 0 radical (unpaired) electrons. The number of halogens is 1. The Hall–Kier alpha value is -1.75. The van der Waals surface area contributed by atoms with Crippen LogP contribution in [0, 0.1) is 0 Å². The van der Waals surface area contributed by atoms with Crippen molar-refractivity contribution in [3.05, 3.63) is 34.9 Å². The van der Waals surface area contributed by atoms with Crippen molar-refractivity contribution in [2.75, 3.05) is 27.2 Å². The van der Waals surface area contributed by atoms with Gasteiger partial charge in [-0.25, -0.2) is 4.99 Å². The van der Waals surface area contributed by atoms with Gasteiger partial charge in [-0.3, -0.25) is 4.79 Å². The maximum absolute atomic E-state index is 11.8. The van der Waals surface area contributed by atoms with Crippen LogP contribution in [0.3, 0.4) is 0 Å². The van der Waals surface area contributed by atoms with Gasteiger partial charge in [-0.2, -0.15) is 0 Å². The zero-order valence-electron chi connectivity index (χ0n) is 15.2. The number of hydrogen-bond acceptors (Lipinski definition) is 2. The van der Waals surface area contributed by atoms with Crippen LogP contribution >= 0.6 is 11.6 Å². The Morgan fingerprint density at radius 1 is 1.28 bits per heavy atom. The van der Waals surface area contributed by atoms with E-state index in [4.69, 9.17) is 11.6 Å². The van der Waals surface area contributed by atoms with E-state index in [0.717, 1.165) is 36.8 Å². The summed E-state index contributed by atoms with van der Waals surface area (Å²) in [6, 6.07) is 8.32. The third-order valence-electron chi connectivity index (χ3n) is 4.41. The summed E-state index contributed by atoms with van der Waals surface area (Å²) in [6.45, 7) is 0.904. The maximum atomic E-state index is 11.8. The summed E-state index contributed by atoms with van der Waals surface area (Å²) in [5, 5.41) is 7.60. The highest BCUT2D eigenvalue weighted by Crippen LogP contribution is 2.17. The monoisotopic (exact) mass is 364 g/mol. The second-order valence-electron chi connectivity index (χ2n) is 6.74. The first-order chi connectivity index (χ1) is 12.0. The number of carbonyl (C=O) groups excluding carboxylic acids is 1. The molecule has 0 spiro atoms. The highest BCUT2D eigenvalue weighted by atomic mass is 35.5. The van der Waals surface area contributed by atoms with Crippen LogP contribution in [-0.4, -0.2) is 50.0 Å². The minimum Gasteiger partial charge on any atom is -0.356 e. The van der Waals surface area contributed by atoms with Crippen molar-refractivity contribution in [3.63, 3.8) is 0 Å². The van der Waals surface area contributed by atoms with Crippen molar-refractivity contribution in [1.82, 2.24) is 15.5 Å². The first-order valence-electron chi connectivity index (χ1n) is 9.04. The van der Waals surface area contributed by atoms with Crippen molar-refractivity contribution in [2.45, 2.75) is 44.6 Å². The summed E-state index contributed by atoms with van der Waals surface area (Å²) in [5.41, 5.74) is 1.18. The topological polar surface area (TPSA) is 56.7 Å². The van der Waals surface area contributed by atoms with Crippen LogP contribution in [0.1, 0.15) is 37.7 Å². The van der Waals surface area contributed by atoms with Crippen molar-refractivity contribution in [1.29, 1.82) is 0 Å². The van der Waals surface area contributed by atoms with E-state index in [1.54, 1.807) is 19.0 Å². The summed E-state index contributed by atoms with van der Waals surface area (Å²) in [7, 11) is 3.50. The predicted molar refractivity (Wildman–Crippen MR) is 104 cm³/mol. The summed E-state index contributed by atoms with van der Waals surface area (Å²) in [6.07, 6.45) is 7.00.